The minimum Gasteiger partial charge on any atom is -0.372 e. The van der Waals surface area contributed by atoms with Crippen molar-refractivity contribution in [1.29, 1.82) is 0 Å². The van der Waals surface area contributed by atoms with Crippen LogP contribution in [0.2, 0.25) is 0 Å². The fourth-order valence-corrected chi connectivity index (χ4v) is 4.81. The number of benzene rings is 2. The maximum atomic E-state index is 12.5. The van der Waals surface area contributed by atoms with Crippen LogP contribution >= 0.6 is 11.8 Å². The van der Waals surface area contributed by atoms with E-state index < -0.39 is 0 Å². The molecule has 156 valence electrons. The first kappa shape index (κ1) is 20.5. The molecule has 0 bridgehead atoms. The molecule has 2 aliphatic rings. The van der Waals surface area contributed by atoms with Gasteiger partial charge in [0.1, 0.15) is 0 Å². The standard InChI is InChI=1S/C24H28N4OS/c1-3-26(4-2)21-12-10-19(11-13-21)18-22-23(29)25-24(30-22)28-16-14-27(15-17-28)20-8-6-5-7-9-20/h5-13,18H,3-4,14-17H2,1-2H3/b22-18-. The van der Waals surface area contributed by atoms with Gasteiger partial charge in [0.05, 0.1) is 4.91 Å². The van der Waals surface area contributed by atoms with Crippen molar-refractivity contribution < 1.29 is 4.79 Å². The third-order valence-electron chi connectivity index (χ3n) is 5.60. The number of carbonyl (C=O) groups is 1. The second kappa shape index (κ2) is 9.39. The number of thioether (sulfide) groups is 1. The van der Waals surface area contributed by atoms with Crippen LogP contribution in [0.15, 0.2) is 64.5 Å². The monoisotopic (exact) mass is 420 g/mol. The first-order chi connectivity index (χ1) is 14.7. The molecule has 6 heteroatoms. The zero-order valence-corrected chi connectivity index (χ0v) is 18.4. The van der Waals surface area contributed by atoms with Crippen LogP contribution in [0, 0.1) is 0 Å². The van der Waals surface area contributed by atoms with E-state index in [-0.39, 0.29) is 5.91 Å². The molecule has 0 aliphatic carbocycles. The highest BCUT2D eigenvalue weighted by atomic mass is 32.2. The predicted molar refractivity (Wildman–Crippen MR) is 128 cm³/mol. The van der Waals surface area contributed by atoms with Gasteiger partial charge in [-0.2, -0.15) is 4.99 Å². The van der Waals surface area contributed by atoms with Crippen LogP contribution in [0.25, 0.3) is 6.08 Å². The van der Waals surface area contributed by atoms with Crippen LogP contribution in [0.5, 0.6) is 0 Å². The van der Waals surface area contributed by atoms with Crippen LogP contribution in [-0.4, -0.2) is 55.2 Å². The first-order valence-electron chi connectivity index (χ1n) is 10.6. The number of amides is 1. The smallest absolute Gasteiger partial charge is 0.286 e. The molecule has 2 heterocycles. The van der Waals surface area contributed by atoms with Gasteiger partial charge in [0.2, 0.25) is 0 Å². The molecule has 2 aliphatic heterocycles. The van der Waals surface area contributed by atoms with Crippen LogP contribution in [0.3, 0.4) is 0 Å². The Morgan fingerprint density at radius 1 is 0.933 bits per heavy atom. The SMILES string of the molecule is CCN(CC)c1ccc(/C=C2\SC(N3CCN(c4ccccc4)CC3)=NC2=O)cc1. The van der Waals surface area contributed by atoms with Gasteiger partial charge in [0.25, 0.3) is 5.91 Å². The second-order valence-corrected chi connectivity index (χ2v) is 8.39. The lowest BCUT2D eigenvalue weighted by molar-refractivity contribution is -0.113. The molecule has 0 aromatic heterocycles. The molecular formula is C24H28N4OS. The Balaban J connectivity index is 1.37. The number of hydrogen-bond donors (Lipinski definition) is 0. The number of amidine groups is 1. The van der Waals surface area contributed by atoms with Crippen molar-refractivity contribution in [2.24, 2.45) is 4.99 Å². The number of para-hydroxylation sites is 1. The molecule has 5 nitrogen and oxygen atoms in total. The maximum Gasteiger partial charge on any atom is 0.286 e. The molecule has 0 saturated carbocycles. The quantitative estimate of drug-likeness (QED) is 0.674. The fraction of sp³-hybridized carbons (Fsp3) is 0.333. The van der Waals surface area contributed by atoms with E-state index in [2.05, 4.69) is 82.1 Å². The minimum absolute atomic E-state index is 0.131. The van der Waals surface area contributed by atoms with E-state index in [4.69, 9.17) is 0 Å². The molecule has 0 spiro atoms. The first-order valence-corrected chi connectivity index (χ1v) is 11.4. The van der Waals surface area contributed by atoms with Crippen molar-refractivity contribution >= 4 is 40.3 Å². The van der Waals surface area contributed by atoms with Crippen LogP contribution in [-0.2, 0) is 4.79 Å². The summed E-state index contributed by atoms with van der Waals surface area (Å²) in [5, 5.41) is 0.832. The number of rotatable bonds is 5. The van der Waals surface area contributed by atoms with Gasteiger partial charge in [0, 0.05) is 50.6 Å². The normalized spacial score (nSPS) is 18.1. The van der Waals surface area contributed by atoms with Gasteiger partial charge in [-0.25, -0.2) is 0 Å². The molecule has 4 rings (SSSR count). The number of hydrogen-bond acceptors (Lipinski definition) is 5. The summed E-state index contributed by atoms with van der Waals surface area (Å²) in [6, 6.07) is 18.9. The second-order valence-electron chi connectivity index (χ2n) is 7.38. The highest BCUT2D eigenvalue weighted by molar-refractivity contribution is 8.18. The largest absolute Gasteiger partial charge is 0.372 e. The van der Waals surface area contributed by atoms with E-state index >= 15 is 0 Å². The lowest BCUT2D eigenvalue weighted by Crippen LogP contribution is -2.47. The van der Waals surface area contributed by atoms with Crippen LogP contribution < -0.4 is 9.80 Å². The molecule has 0 radical (unpaired) electrons. The number of piperazine rings is 1. The van der Waals surface area contributed by atoms with Gasteiger partial charge in [-0.05, 0) is 61.5 Å². The van der Waals surface area contributed by atoms with Gasteiger partial charge in [-0.3, -0.25) is 4.79 Å². The molecule has 1 fully saturated rings. The van der Waals surface area contributed by atoms with Crippen molar-refractivity contribution in [3.05, 3.63) is 65.1 Å². The summed E-state index contributed by atoms with van der Waals surface area (Å²) in [5.74, 6) is -0.131. The number of anilines is 2. The highest BCUT2D eigenvalue weighted by Gasteiger charge is 2.28. The molecule has 0 N–H and O–H groups in total. The molecule has 0 atom stereocenters. The van der Waals surface area contributed by atoms with Gasteiger partial charge >= 0.3 is 0 Å². The summed E-state index contributed by atoms with van der Waals surface area (Å²) >= 11 is 1.50. The molecule has 1 saturated heterocycles. The Morgan fingerprint density at radius 2 is 1.57 bits per heavy atom. The molecule has 1 amide bonds. The summed E-state index contributed by atoms with van der Waals surface area (Å²) in [6.07, 6.45) is 1.95. The van der Waals surface area contributed by atoms with Crippen molar-refractivity contribution in [1.82, 2.24) is 4.90 Å². The lowest BCUT2D eigenvalue weighted by Gasteiger charge is -2.36. The maximum absolute atomic E-state index is 12.5. The van der Waals surface area contributed by atoms with Crippen molar-refractivity contribution in [3.63, 3.8) is 0 Å². The van der Waals surface area contributed by atoms with E-state index in [1.807, 2.05) is 12.1 Å². The minimum atomic E-state index is -0.131. The average Bonchev–Trinajstić information content (AvgIpc) is 3.16. The molecule has 2 aromatic carbocycles. The van der Waals surface area contributed by atoms with Gasteiger partial charge in [0.15, 0.2) is 5.17 Å². The Morgan fingerprint density at radius 3 is 2.20 bits per heavy atom. The van der Waals surface area contributed by atoms with E-state index in [1.165, 1.54) is 23.1 Å². The van der Waals surface area contributed by atoms with Gasteiger partial charge in [-0.1, -0.05) is 30.3 Å². The lowest BCUT2D eigenvalue weighted by atomic mass is 10.2. The van der Waals surface area contributed by atoms with Crippen LogP contribution in [0.4, 0.5) is 11.4 Å². The zero-order valence-electron chi connectivity index (χ0n) is 17.6. The predicted octanol–water partition coefficient (Wildman–Crippen LogP) is 4.33. The third-order valence-corrected chi connectivity index (χ3v) is 6.64. The summed E-state index contributed by atoms with van der Waals surface area (Å²) in [6.45, 7) is 9.91. The molecule has 0 unspecified atom stereocenters. The third kappa shape index (κ3) is 4.54. The van der Waals surface area contributed by atoms with Crippen molar-refractivity contribution in [3.8, 4) is 0 Å². The van der Waals surface area contributed by atoms with Crippen molar-refractivity contribution in [2.45, 2.75) is 13.8 Å². The number of nitrogens with zero attached hydrogens (tertiary/aromatic N) is 4. The van der Waals surface area contributed by atoms with E-state index in [1.54, 1.807) is 0 Å². The van der Waals surface area contributed by atoms with E-state index in [9.17, 15) is 4.79 Å². The molecule has 30 heavy (non-hydrogen) atoms. The van der Waals surface area contributed by atoms with Gasteiger partial charge < -0.3 is 14.7 Å². The summed E-state index contributed by atoms with van der Waals surface area (Å²) in [7, 11) is 0. The number of aliphatic imine (C=N–C) groups is 1. The van der Waals surface area contributed by atoms with E-state index in [0.29, 0.717) is 4.91 Å². The van der Waals surface area contributed by atoms with Crippen molar-refractivity contribution in [2.75, 3.05) is 49.1 Å². The molecular weight excluding hydrogens is 392 g/mol. The Hall–Kier alpha value is -2.73. The molecule has 2 aromatic rings. The Kier molecular flexibility index (Phi) is 6.43. The summed E-state index contributed by atoms with van der Waals surface area (Å²) in [5.41, 5.74) is 3.50. The van der Waals surface area contributed by atoms with Gasteiger partial charge in [-0.15, -0.1) is 0 Å². The number of carbonyl (C=O) groups excluding carboxylic acids is 1. The highest BCUT2D eigenvalue weighted by Crippen LogP contribution is 2.31. The Labute approximate surface area is 183 Å². The van der Waals surface area contributed by atoms with Crippen LogP contribution in [0.1, 0.15) is 19.4 Å². The average molecular weight is 421 g/mol. The topological polar surface area (TPSA) is 39.1 Å². The fourth-order valence-electron chi connectivity index (χ4n) is 3.85. The summed E-state index contributed by atoms with van der Waals surface area (Å²) < 4.78 is 0. The van der Waals surface area contributed by atoms with E-state index in [0.717, 1.165) is 50.0 Å². The zero-order chi connectivity index (χ0) is 20.9. The summed E-state index contributed by atoms with van der Waals surface area (Å²) in [4.78, 5) is 24.4. The Bertz CT molecular complexity index is 927.